The summed E-state index contributed by atoms with van der Waals surface area (Å²) in [5.74, 6) is -0.163. The Kier molecular flexibility index (Phi) is 5.26. The van der Waals surface area contributed by atoms with Gasteiger partial charge < -0.3 is 15.8 Å². The molecule has 1 unspecified atom stereocenters. The first-order valence-electron chi connectivity index (χ1n) is 6.60. The number of nitro benzene ring substituents is 1. The third kappa shape index (κ3) is 3.69. The molecule has 1 aromatic rings. The molecule has 116 valence electrons. The standard InChI is InChI=1S/C14H21N3O4/c1-9(2)14(3,8-15)16-13(18)10-5-6-12(21-4)11(7-10)17(19)20/h5-7,9H,8,15H2,1-4H3,(H,16,18). The van der Waals surface area contributed by atoms with Crippen molar-refractivity contribution < 1.29 is 14.5 Å². The van der Waals surface area contributed by atoms with Crippen molar-refractivity contribution in [1.29, 1.82) is 0 Å². The fourth-order valence-corrected chi connectivity index (χ4v) is 1.74. The molecule has 3 N–H and O–H groups in total. The van der Waals surface area contributed by atoms with Crippen molar-refractivity contribution in [3.63, 3.8) is 0 Å². The maximum atomic E-state index is 12.3. The Morgan fingerprint density at radius 1 is 1.52 bits per heavy atom. The first kappa shape index (κ1) is 16.9. The van der Waals surface area contributed by atoms with Crippen LogP contribution in [0.3, 0.4) is 0 Å². The minimum absolute atomic E-state index is 0.113. The van der Waals surface area contributed by atoms with Crippen molar-refractivity contribution in [2.75, 3.05) is 13.7 Å². The number of carbonyl (C=O) groups is 1. The van der Waals surface area contributed by atoms with Crippen molar-refractivity contribution in [3.05, 3.63) is 33.9 Å². The summed E-state index contributed by atoms with van der Waals surface area (Å²) in [7, 11) is 1.34. The number of benzene rings is 1. The summed E-state index contributed by atoms with van der Waals surface area (Å²) in [6.45, 7) is 6.01. The largest absolute Gasteiger partial charge is 0.490 e. The highest BCUT2D eigenvalue weighted by molar-refractivity contribution is 5.95. The van der Waals surface area contributed by atoms with E-state index in [2.05, 4.69) is 5.32 Å². The molecule has 0 radical (unpaired) electrons. The normalized spacial score (nSPS) is 13.6. The molecule has 0 aliphatic carbocycles. The van der Waals surface area contributed by atoms with Crippen LogP contribution in [-0.4, -0.2) is 30.0 Å². The summed E-state index contributed by atoms with van der Waals surface area (Å²) in [5, 5.41) is 13.8. The van der Waals surface area contributed by atoms with Gasteiger partial charge in [-0.15, -0.1) is 0 Å². The monoisotopic (exact) mass is 295 g/mol. The second-order valence-electron chi connectivity index (χ2n) is 5.37. The SMILES string of the molecule is COc1ccc(C(=O)NC(C)(CN)C(C)C)cc1[N+](=O)[O-]. The average molecular weight is 295 g/mol. The van der Waals surface area contributed by atoms with Crippen LogP contribution in [0.15, 0.2) is 18.2 Å². The van der Waals surface area contributed by atoms with E-state index in [1.807, 2.05) is 20.8 Å². The highest BCUT2D eigenvalue weighted by atomic mass is 16.6. The number of methoxy groups -OCH3 is 1. The Balaban J connectivity index is 3.09. The van der Waals surface area contributed by atoms with Crippen LogP contribution in [0.25, 0.3) is 0 Å². The number of hydrogen-bond donors (Lipinski definition) is 2. The molecule has 0 aliphatic rings. The smallest absolute Gasteiger partial charge is 0.311 e. The van der Waals surface area contributed by atoms with Crippen LogP contribution >= 0.6 is 0 Å². The lowest BCUT2D eigenvalue weighted by atomic mass is 9.88. The number of carbonyl (C=O) groups excluding carboxylic acids is 1. The van der Waals surface area contributed by atoms with Crippen LogP contribution < -0.4 is 15.8 Å². The number of nitrogens with zero attached hydrogens (tertiary/aromatic N) is 1. The quantitative estimate of drug-likeness (QED) is 0.613. The number of ether oxygens (including phenoxy) is 1. The van der Waals surface area contributed by atoms with E-state index in [1.54, 1.807) is 0 Å². The van der Waals surface area contributed by atoms with E-state index in [4.69, 9.17) is 10.5 Å². The Bertz CT molecular complexity index is 545. The molecule has 0 spiro atoms. The van der Waals surface area contributed by atoms with Crippen molar-refractivity contribution >= 4 is 11.6 Å². The summed E-state index contributed by atoms with van der Waals surface area (Å²) < 4.78 is 4.91. The predicted octanol–water partition coefficient (Wildman–Crippen LogP) is 1.71. The number of nitrogens with two attached hydrogens (primary N) is 1. The van der Waals surface area contributed by atoms with Gasteiger partial charge in [-0.3, -0.25) is 14.9 Å². The molecule has 0 bridgehead atoms. The van der Waals surface area contributed by atoms with Gasteiger partial charge in [-0.1, -0.05) is 13.8 Å². The van der Waals surface area contributed by atoms with E-state index in [1.165, 1.54) is 25.3 Å². The van der Waals surface area contributed by atoms with Gasteiger partial charge in [0.15, 0.2) is 5.75 Å². The lowest BCUT2D eigenvalue weighted by Gasteiger charge is -2.33. The maximum absolute atomic E-state index is 12.3. The molecule has 0 saturated carbocycles. The first-order chi connectivity index (χ1) is 9.75. The number of nitro groups is 1. The fraction of sp³-hybridized carbons (Fsp3) is 0.500. The molecule has 0 aromatic heterocycles. The van der Waals surface area contributed by atoms with Crippen molar-refractivity contribution in [1.82, 2.24) is 5.32 Å². The Morgan fingerprint density at radius 3 is 2.57 bits per heavy atom. The van der Waals surface area contributed by atoms with Gasteiger partial charge >= 0.3 is 5.69 Å². The molecule has 7 nitrogen and oxygen atoms in total. The third-order valence-corrected chi connectivity index (χ3v) is 3.74. The lowest BCUT2D eigenvalue weighted by molar-refractivity contribution is -0.385. The van der Waals surface area contributed by atoms with Crippen molar-refractivity contribution in [2.45, 2.75) is 26.3 Å². The summed E-state index contributed by atoms with van der Waals surface area (Å²) in [6, 6.07) is 4.09. The molecule has 0 heterocycles. The summed E-state index contributed by atoms with van der Waals surface area (Å²) in [5.41, 5.74) is 5.09. The van der Waals surface area contributed by atoms with E-state index in [0.29, 0.717) is 0 Å². The molecule has 1 rings (SSSR count). The van der Waals surface area contributed by atoms with Crippen LogP contribution in [0.2, 0.25) is 0 Å². The van der Waals surface area contributed by atoms with Gasteiger partial charge in [0.1, 0.15) is 0 Å². The van der Waals surface area contributed by atoms with Gasteiger partial charge in [0, 0.05) is 18.2 Å². The van der Waals surface area contributed by atoms with Gasteiger partial charge in [-0.2, -0.15) is 0 Å². The second-order valence-corrected chi connectivity index (χ2v) is 5.37. The molecule has 7 heteroatoms. The minimum Gasteiger partial charge on any atom is -0.490 e. The lowest BCUT2D eigenvalue weighted by Crippen LogP contribution is -2.55. The Hall–Kier alpha value is -2.15. The number of hydrogen-bond acceptors (Lipinski definition) is 5. The van der Waals surface area contributed by atoms with Gasteiger partial charge in [-0.05, 0) is 25.0 Å². The molecular weight excluding hydrogens is 274 g/mol. The highest BCUT2D eigenvalue weighted by Gasteiger charge is 2.29. The summed E-state index contributed by atoms with van der Waals surface area (Å²) in [6.07, 6.45) is 0. The van der Waals surface area contributed by atoms with Crippen LogP contribution in [0, 0.1) is 16.0 Å². The Morgan fingerprint density at radius 2 is 2.14 bits per heavy atom. The zero-order chi connectivity index (χ0) is 16.2. The van der Waals surface area contributed by atoms with E-state index in [0.717, 1.165) is 0 Å². The number of nitrogens with one attached hydrogen (secondary N) is 1. The maximum Gasteiger partial charge on any atom is 0.311 e. The van der Waals surface area contributed by atoms with Gasteiger partial charge in [0.25, 0.3) is 5.91 Å². The molecule has 0 aliphatic heterocycles. The Labute approximate surface area is 123 Å². The van der Waals surface area contributed by atoms with E-state index < -0.39 is 16.4 Å². The van der Waals surface area contributed by atoms with Crippen LogP contribution in [0.5, 0.6) is 5.75 Å². The van der Waals surface area contributed by atoms with Crippen LogP contribution in [0.1, 0.15) is 31.1 Å². The van der Waals surface area contributed by atoms with Crippen molar-refractivity contribution in [3.8, 4) is 5.75 Å². The fourth-order valence-electron chi connectivity index (χ4n) is 1.74. The molecule has 0 saturated heterocycles. The van der Waals surface area contributed by atoms with E-state index >= 15 is 0 Å². The second kappa shape index (κ2) is 6.53. The zero-order valence-electron chi connectivity index (χ0n) is 12.7. The zero-order valence-corrected chi connectivity index (χ0v) is 12.7. The minimum atomic E-state index is -0.583. The molecule has 0 fully saturated rings. The third-order valence-electron chi connectivity index (χ3n) is 3.74. The predicted molar refractivity (Wildman–Crippen MR) is 79.4 cm³/mol. The van der Waals surface area contributed by atoms with E-state index in [9.17, 15) is 14.9 Å². The summed E-state index contributed by atoms with van der Waals surface area (Å²) in [4.78, 5) is 22.7. The molecular formula is C14H21N3O4. The molecule has 1 aromatic carbocycles. The first-order valence-corrected chi connectivity index (χ1v) is 6.60. The van der Waals surface area contributed by atoms with Gasteiger partial charge in [0.05, 0.1) is 17.6 Å². The topological polar surface area (TPSA) is 107 Å². The van der Waals surface area contributed by atoms with Gasteiger partial charge in [-0.25, -0.2) is 0 Å². The summed E-state index contributed by atoms with van der Waals surface area (Å²) >= 11 is 0. The van der Waals surface area contributed by atoms with E-state index in [-0.39, 0.29) is 29.5 Å². The van der Waals surface area contributed by atoms with Crippen LogP contribution in [0.4, 0.5) is 5.69 Å². The molecule has 21 heavy (non-hydrogen) atoms. The number of amides is 1. The average Bonchev–Trinajstić information content (AvgIpc) is 2.45. The molecule has 1 amide bonds. The van der Waals surface area contributed by atoms with Gasteiger partial charge in [0.2, 0.25) is 0 Å². The van der Waals surface area contributed by atoms with Crippen molar-refractivity contribution in [2.24, 2.45) is 11.7 Å². The molecule has 1 atom stereocenters. The number of rotatable bonds is 6. The van der Waals surface area contributed by atoms with Crippen LogP contribution in [-0.2, 0) is 0 Å². The highest BCUT2D eigenvalue weighted by Crippen LogP contribution is 2.27.